The van der Waals surface area contributed by atoms with Crippen molar-refractivity contribution in [3.8, 4) is 0 Å². The Morgan fingerprint density at radius 3 is 2.62 bits per heavy atom. The number of aliphatic hydroxyl groups is 1. The van der Waals surface area contributed by atoms with E-state index in [4.69, 9.17) is 19.3 Å². The first-order valence-electron chi connectivity index (χ1n) is 5.59. The van der Waals surface area contributed by atoms with Crippen molar-refractivity contribution in [2.24, 2.45) is 0 Å². The van der Waals surface area contributed by atoms with Crippen LogP contribution < -0.4 is 0 Å². The molecule has 0 aliphatic carbocycles. The van der Waals surface area contributed by atoms with Crippen molar-refractivity contribution >= 4 is 5.97 Å². The average molecular weight is 232 g/mol. The highest BCUT2D eigenvalue weighted by Crippen LogP contribution is 2.28. The van der Waals surface area contributed by atoms with Crippen LogP contribution in [-0.2, 0) is 19.0 Å². The molecule has 1 aliphatic heterocycles. The second kappa shape index (κ2) is 5.61. The summed E-state index contributed by atoms with van der Waals surface area (Å²) < 4.78 is 15.9. The molecule has 94 valence electrons. The van der Waals surface area contributed by atoms with Crippen LogP contribution in [0.1, 0.15) is 33.6 Å². The van der Waals surface area contributed by atoms with Gasteiger partial charge in [0.05, 0.1) is 31.8 Å². The molecule has 1 aliphatic rings. The lowest BCUT2D eigenvalue weighted by Crippen LogP contribution is -2.46. The Balaban J connectivity index is 2.50. The van der Waals surface area contributed by atoms with E-state index in [2.05, 4.69) is 0 Å². The smallest absolute Gasteiger partial charge is 0.308 e. The summed E-state index contributed by atoms with van der Waals surface area (Å²) in [6, 6.07) is 0. The number of hydrogen-bond donors (Lipinski definition) is 1. The van der Waals surface area contributed by atoms with Gasteiger partial charge in [0.15, 0.2) is 5.79 Å². The molecule has 0 bridgehead atoms. The summed E-state index contributed by atoms with van der Waals surface area (Å²) in [5, 5.41) is 9.08. The van der Waals surface area contributed by atoms with Crippen LogP contribution in [0.25, 0.3) is 0 Å². The van der Waals surface area contributed by atoms with E-state index in [9.17, 15) is 4.79 Å². The van der Waals surface area contributed by atoms with Crippen molar-refractivity contribution in [2.75, 3.05) is 13.2 Å². The van der Waals surface area contributed by atoms with Gasteiger partial charge in [0, 0.05) is 6.42 Å². The molecule has 0 amide bonds. The van der Waals surface area contributed by atoms with Gasteiger partial charge in [-0.15, -0.1) is 0 Å². The van der Waals surface area contributed by atoms with Gasteiger partial charge in [-0.3, -0.25) is 4.79 Å². The highest BCUT2D eigenvalue weighted by Gasteiger charge is 2.36. The van der Waals surface area contributed by atoms with Gasteiger partial charge in [-0.1, -0.05) is 0 Å². The summed E-state index contributed by atoms with van der Waals surface area (Å²) in [5.41, 5.74) is 0. The molecule has 0 aromatic rings. The summed E-state index contributed by atoms with van der Waals surface area (Å²) in [6.45, 7) is 5.62. The number of aliphatic hydroxyl groups excluding tert-OH is 1. The largest absolute Gasteiger partial charge is 0.466 e. The Hall–Kier alpha value is -0.650. The van der Waals surface area contributed by atoms with Crippen LogP contribution in [0.2, 0.25) is 0 Å². The Morgan fingerprint density at radius 2 is 2.06 bits per heavy atom. The predicted octanol–water partition coefficient (Wildman–Crippen LogP) is 0.842. The van der Waals surface area contributed by atoms with E-state index in [0.29, 0.717) is 13.0 Å². The maximum atomic E-state index is 11.3. The first-order valence-corrected chi connectivity index (χ1v) is 5.59. The molecule has 1 heterocycles. The third-order valence-corrected chi connectivity index (χ3v) is 2.33. The van der Waals surface area contributed by atoms with E-state index in [1.165, 1.54) is 0 Å². The summed E-state index contributed by atoms with van der Waals surface area (Å²) in [7, 11) is 0. The zero-order chi connectivity index (χ0) is 12.2. The van der Waals surface area contributed by atoms with Crippen LogP contribution in [0.3, 0.4) is 0 Å². The highest BCUT2D eigenvalue weighted by atomic mass is 16.7. The van der Waals surface area contributed by atoms with E-state index < -0.39 is 5.79 Å². The maximum absolute atomic E-state index is 11.3. The number of carbonyl (C=O) groups is 1. The van der Waals surface area contributed by atoms with Gasteiger partial charge < -0.3 is 19.3 Å². The van der Waals surface area contributed by atoms with Crippen molar-refractivity contribution in [1.29, 1.82) is 0 Å². The third-order valence-electron chi connectivity index (χ3n) is 2.33. The van der Waals surface area contributed by atoms with Gasteiger partial charge in [0.25, 0.3) is 0 Å². The van der Waals surface area contributed by atoms with Gasteiger partial charge in [-0.25, -0.2) is 0 Å². The summed E-state index contributed by atoms with van der Waals surface area (Å²) in [5.74, 6) is -1.04. The van der Waals surface area contributed by atoms with Crippen LogP contribution in [0, 0.1) is 0 Å². The monoisotopic (exact) mass is 232 g/mol. The molecule has 1 saturated heterocycles. The number of esters is 1. The lowest BCUT2D eigenvalue weighted by molar-refractivity contribution is -0.303. The van der Waals surface area contributed by atoms with Crippen molar-refractivity contribution in [3.63, 3.8) is 0 Å². The Morgan fingerprint density at radius 1 is 1.44 bits per heavy atom. The van der Waals surface area contributed by atoms with Crippen LogP contribution in [0.15, 0.2) is 0 Å². The maximum Gasteiger partial charge on any atom is 0.308 e. The molecule has 1 rings (SSSR count). The number of ether oxygens (including phenoxy) is 3. The van der Waals surface area contributed by atoms with E-state index in [-0.39, 0.29) is 31.2 Å². The molecule has 0 radical (unpaired) electrons. The van der Waals surface area contributed by atoms with Crippen LogP contribution >= 0.6 is 0 Å². The molecule has 5 heteroatoms. The van der Waals surface area contributed by atoms with Gasteiger partial charge >= 0.3 is 5.97 Å². The molecular weight excluding hydrogens is 212 g/mol. The Bertz CT molecular complexity index is 239. The van der Waals surface area contributed by atoms with Gasteiger partial charge in [0.2, 0.25) is 0 Å². The lowest BCUT2D eigenvalue weighted by Gasteiger charge is -2.39. The molecule has 2 unspecified atom stereocenters. The van der Waals surface area contributed by atoms with Gasteiger partial charge in [-0.05, 0) is 20.8 Å². The van der Waals surface area contributed by atoms with Crippen LogP contribution in [-0.4, -0.2) is 42.3 Å². The molecule has 16 heavy (non-hydrogen) atoms. The van der Waals surface area contributed by atoms with Crippen molar-refractivity contribution in [1.82, 2.24) is 0 Å². The minimum atomic E-state index is -0.761. The third kappa shape index (κ3) is 4.08. The van der Waals surface area contributed by atoms with Crippen molar-refractivity contribution in [3.05, 3.63) is 0 Å². The fraction of sp³-hybridized carbons (Fsp3) is 0.909. The quantitative estimate of drug-likeness (QED) is 0.728. The first kappa shape index (κ1) is 13.4. The zero-order valence-corrected chi connectivity index (χ0v) is 10.1. The normalized spacial score (nSPS) is 28.8. The number of hydrogen-bond acceptors (Lipinski definition) is 5. The SMILES string of the molecule is CCOC(=O)CC1CC(CO)OC(C)(C)O1. The fourth-order valence-corrected chi connectivity index (χ4v) is 1.86. The van der Waals surface area contributed by atoms with E-state index in [1.807, 2.05) is 0 Å². The number of carbonyl (C=O) groups excluding carboxylic acids is 1. The summed E-state index contributed by atoms with van der Waals surface area (Å²) >= 11 is 0. The average Bonchev–Trinajstić information content (AvgIpc) is 2.15. The van der Waals surface area contributed by atoms with Gasteiger partial charge in [-0.2, -0.15) is 0 Å². The minimum absolute atomic E-state index is 0.0634. The molecule has 0 aromatic heterocycles. The van der Waals surface area contributed by atoms with Crippen molar-refractivity contribution in [2.45, 2.75) is 51.6 Å². The molecular formula is C11H20O5. The summed E-state index contributed by atoms with van der Waals surface area (Å²) in [4.78, 5) is 11.3. The second-order valence-corrected chi connectivity index (χ2v) is 4.31. The molecule has 0 saturated carbocycles. The number of rotatable bonds is 4. The van der Waals surface area contributed by atoms with Crippen LogP contribution in [0.4, 0.5) is 0 Å². The first-order chi connectivity index (χ1) is 7.46. The van der Waals surface area contributed by atoms with Crippen molar-refractivity contribution < 1.29 is 24.1 Å². The van der Waals surface area contributed by atoms with E-state index in [1.54, 1.807) is 20.8 Å². The molecule has 5 nitrogen and oxygen atoms in total. The highest BCUT2D eigenvalue weighted by molar-refractivity contribution is 5.69. The molecule has 1 N–H and O–H groups in total. The predicted molar refractivity (Wildman–Crippen MR) is 56.8 cm³/mol. The topological polar surface area (TPSA) is 65.0 Å². The molecule has 2 atom stereocenters. The summed E-state index contributed by atoms with van der Waals surface area (Å²) in [6.07, 6.45) is 0.193. The van der Waals surface area contributed by atoms with Gasteiger partial charge in [0.1, 0.15) is 0 Å². The van der Waals surface area contributed by atoms with Crippen LogP contribution in [0.5, 0.6) is 0 Å². The molecule has 0 spiro atoms. The zero-order valence-electron chi connectivity index (χ0n) is 10.1. The lowest BCUT2D eigenvalue weighted by atomic mass is 10.1. The second-order valence-electron chi connectivity index (χ2n) is 4.31. The molecule has 1 fully saturated rings. The fourth-order valence-electron chi connectivity index (χ4n) is 1.86. The molecule has 0 aromatic carbocycles. The Kier molecular flexibility index (Phi) is 4.70. The van der Waals surface area contributed by atoms with E-state index in [0.717, 1.165) is 0 Å². The van der Waals surface area contributed by atoms with E-state index >= 15 is 0 Å². The Labute approximate surface area is 95.7 Å². The standard InChI is InChI=1S/C11H20O5/c1-4-14-10(13)6-8-5-9(7-12)16-11(2,3)15-8/h8-9,12H,4-7H2,1-3H3. The minimum Gasteiger partial charge on any atom is -0.466 e.